The molecule has 86 valence electrons. The van der Waals surface area contributed by atoms with Crippen molar-refractivity contribution in [3.63, 3.8) is 0 Å². The molecule has 1 atom stereocenters. The molecule has 1 aliphatic carbocycles. The van der Waals surface area contributed by atoms with Gasteiger partial charge in [0.2, 0.25) is 0 Å². The highest BCUT2D eigenvalue weighted by molar-refractivity contribution is 9.10. The number of carboxylic acid groups (broad SMARTS) is 1. The number of nitrogens with zero attached hydrogens (tertiary/aromatic N) is 1. The standard InChI is InChI=1S/C12H14BrNO2/c1-14(12(15)16)11-4-2-3-8-5-6-9(13)7-10(8)11/h5-7,11H,2-4H2,1H3,(H,15,16). The minimum Gasteiger partial charge on any atom is -0.465 e. The minimum atomic E-state index is -0.863. The summed E-state index contributed by atoms with van der Waals surface area (Å²) < 4.78 is 1.01. The van der Waals surface area contributed by atoms with Crippen LogP contribution in [-0.4, -0.2) is 23.1 Å². The molecule has 1 aromatic rings. The van der Waals surface area contributed by atoms with Crippen LogP contribution in [0.4, 0.5) is 4.79 Å². The number of fused-ring (bicyclic) bond motifs is 1. The summed E-state index contributed by atoms with van der Waals surface area (Å²) >= 11 is 3.44. The fourth-order valence-corrected chi connectivity index (χ4v) is 2.66. The van der Waals surface area contributed by atoms with Gasteiger partial charge in [0.05, 0.1) is 6.04 Å². The van der Waals surface area contributed by atoms with Crippen LogP contribution >= 0.6 is 15.9 Å². The van der Waals surface area contributed by atoms with Crippen molar-refractivity contribution >= 4 is 22.0 Å². The lowest BCUT2D eigenvalue weighted by Gasteiger charge is -2.31. The van der Waals surface area contributed by atoms with Crippen molar-refractivity contribution in [2.24, 2.45) is 0 Å². The van der Waals surface area contributed by atoms with E-state index in [1.165, 1.54) is 10.5 Å². The van der Waals surface area contributed by atoms with Crippen molar-refractivity contribution in [3.05, 3.63) is 33.8 Å². The number of aryl methyl sites for hydroxylation is 1. The highest BCUT2D eigenvalue weighted by atomic mass is 79.9. The zero-order valence-corrected chi connectivity index (χ0v) is 10.7. The lowest BCUT2D eigenvalue weighted by Crippen LogP contribution is -2.32. The van der Waals surface area contributed by atoms with Crippen LogP contribution in [0, 0.1) is 0 Å². The first-order valence-corrected chi connectivity index (χ1v) is 6.13. The zero-order chi connectivity index (χ0) is 11.7. The molecular formula is C12H14BrNO2. The van der Waals surface area contributed by atoms with Crippen LogP contribution in [0.1, 0.15) is 30.0 Å². The van der Waals surface area contributed by atoms with Crippen LogP contribution in [0.25, 0.3) is 0 Å². The SMILES string of the molecule is CN(C(=O)O)C1CCCc2ccc(Br)cc21. The summed E-state index contributed by atoms with van der Waals surface area (Å²) in [7, 11) is 1.64. The van der Waals surface area contributed by atoms with Crippen LogP contribution in [0.5, 0.6) is 0 Å². The van der Waals surface area contributed by atoms with E-state index in [0.29, 0.717) is 0 Å². The molecule has 16 heavy (non-hydrogen) atoms. The number of carbonyl (C=O) groups is 1. The van der Waals surface area contributed by atoms with E-state index in [0.717, 1.165) is 29.3 Å². The van der Waals surface area contributed by atoms with E-state index in [1.54, 1.807) is 7.05 Å². The van der Waals surface area contributed by atoms with Gasteiger partial charge in [0, 0.05) is 11.5 Å². The van der Waals surface area contributed by atoms with E-state index in [-0.39, 0.29) is 6.04 Å². The summed E-state index contributed by atoms with van der Waals surface area (Å²) in [5, 5.41) is 9.04. The van der Waals surface area contributed by atoms with Gasteiger partial charge in [-0.05, 0) is 42.5 Å². The van der Waals surface area contributed by atoms with E-state index in [9.17, 15) is 4.79 Å². The van der Waals surface area contributed by atoms with Crippen molar-refractivity contribution in [1.82, 2.24) is 4.90 Å². The first kappa shape index (κ1) is 11.5. The van der Waals surface area contributed by atoms with Crippen molar-refractivity contribution in [3.8, 4) is 0 Å². The third-order valence-electron chi connectivity index (χ3n) is 3.16. The Kier molecular flexibility index (Phi) is 3.19. The minimum absolute atomic E-state index is 0.00116. The highest BCUT2D eigenvalue weighted by Crippen LogP contribution is 2.35. The Hall–Kier alpha value is -1.03. The quantitative estimate of drug-likeness (QED) is 0.858. The lowest BCUT2D eigenvalue weighted by atomic mass is 9.87. The molecule has 1 aliphatic rings. The maximum Gasteiger partial charge on any atom is 0.407 e. The molecule has 0 fully saturated rings. The molecule has 1 aromatic carbocycles. The van der Waals surface area contributed by atoms with Gasteiger partial charge in [-0.25, -0.2) is 4.79 Å². The van der Waals surface area contributed by atoms with Crippen molar-refractivity contribution in [1.29, 1.82) is 0 Å². The van der Waals surface area contributed by atoms with Gasteiger partial charge in [0.25, 0.3) is 0 Å². The lowest BCUT2D eigenvalue weighted by molar-refractivity contribution is 0.133. The molecule has 0 aliphatic heterocycles. The Labute approximate surface area is 103 Å². The molecule has 4 heteroatoms. The number of hydrogen-bond acceptors (Lipinski definition) is 1. The Balaban J connectivity index is 2.38. The van der Waals surface area contributed by atoms with Gasteiger partial charge in [-0.2, -0.15) is 0 Å². The van der Waals surface area contributed by atoms with Crippen LogP contribution in [0.15, 0.2) is 22.7 Å². The zero-order valence-electron chi connectivity index (χ0n) is 9.11. The first-order chi connectivity index (χ1) is 7.59. The molecule has 2 rings (SSSR count). The van der Waals surface area contributed by atoms with E-state index in [4.69, 9.17) is 5.11 Å². The Morgan fingerprint density at radius 3 is 3.00 bits per heavy atom. The van der Waals surface area contributed by atoms with Gasteiger partial charge < -0.3 is 10.0 Å². The van der Waals surface area contributed by atoms with E-state index in [1.807, 2.05) is 12.1 Å². The molecule has 1 N–H and O–H groups in total. The van der Waals surface area contributed by atoms with Crippen molar-refractivity contribution < 1.29 is 9.90 Å². The van der Waals surface area contributed by atoms with Crippen LogP contribution in [-0.2, 0) is 6.42 Å². The fourth-order valence-electron chi connectivity index (χ4n) is 2.28. The predicted octanol–water partition coefficient (Wildman–Crippen LogP) is 3.44. The molecule has 0 radical (unpaired) electrons. The number of rotatable bonds is 1. The van der Waals surface area contributed by atoms with E-state index in [2.05, 4.69) is 22.0 Å². The average Bonchev–Trinajstić information content (AvgIpc) is 2.27. The summed E-state index contributed by atoms with van der Waals surface area (Å²) in [5.41, 5.74) is 2.41. The molecule has 3 nitrogen and oxygen atoms in total. The Morgan fingerprint density at radius 1 is 1.56 bits per heavy atom. The number of halogens is 1. The Morgan fingerprint density at radius 2 is 2.31 bits per heavy atom. The van der Waals surface area contributed by atoms with Gasteiger partial charge in [0.1, 0.15) is 0 Å². The van der Waals surface area contributed by atoms with Crippen molar-refractivity contribution in [2.45, 2.75) is 25.3 Å². The van der Waals surface area contributed by atoms with Gasteiger partial charge in [0.15, 0.2) is 0 Å². The molecule has 0 spiro atoms. The summed E-state index contributed by atoms with van der Waals surface area (Å²) in [4.78, 5) is 12.4. The molecular weight excluding hydrogens is 270 g/mol. The largest absolute Gasteiger partial charge is 0.465 e. The molecule has 0 saturated heterocycles. The molecule has 0 heterocycles. The molecule has 0 saturated carbocycles. The molecule has 1 unspecified atom stereocenters. The summed E-state index contributed by atoms with van der Waals surface area (Å²) in [6.45, 7) is 0. The van der Waals surface area contributed by atoms with Crippen LogP contribution in [0.2, 0.25) is 0 Å². The maximum atomic E-state index is 11.0. The van der Waals surface area contributed by atoms with Gasteiger partial charge in [-0.15, -0.1) is 0 Å². The first-order valence-electron chi connectivity index (χ1n) is 5.33. The smallest absolute Gasteiger partial charge is 0.407 e. The van der Waals surface area contributed by atoms with E-state index < -0.39 is 6.09 Å². The van der Waals surface area contributed by atoms with Gasteiger partial charge in [-0.1, -0.05) is 22.0 Å². The average molecular weight is 284 g/mol. The second kappa shape index (κ2) is 4.45. The van der Waals surface area contributed by atoms with Crippen LogP contribution in [0.3, 0.4) is 0 Å². The predicted molar refractivity (Wildman–Crippen MR) is 65.6 cm³/mol. The Bertz CT molecular complexity index is 419. The summed E-state index contributed by atoms with van der Waals surface area (Å²) in [6, 6.07) is 6.14. The fraction of sp³-hybridized carbons (Fsp3) is 0.417. The maximum absolute atomic E-state index is 11.0. The second-order valence-corrected chi connectivity index (χ2v) is 5.06. The van der Waals surface area contributed by atoms with E-state index >= 15 is 0 Å². The molecule has 0 bridgehead atoms. The highest BCUT2D eigenvalue weighted by Gasteiger charge is 2.26. The normalized spacial score (nSPS) is 19.0. The summed E-state index contributed by atoms with van der Waals surface area (Å²) in [5.74, 6) is 0. The number of amides is 1. The monoisotopic (exact) mass is 283 g/mol. The molecule has 1 amide bonds. The third kappa shape index (κ3) is 2.07. The second-order valence-electron chi connectivity index (χ2n) is 4.14. The van der Waals surface area contributed by atoms with Crippen molar-refractivity contribution in [2.75, 3.05) is 7.05 Å². The summed E-state index contributed by atoms with van der Waals surface area (Å²) in [6.07, 6.45) is 2.15. The third-order valence-corrected chi connectivity index (χ3v) is 3.65. The number of hydrogen-bond donors (Lipinski definition) is 1. The topological polar surface area (TPSA) is 40.5 Å². The van der Waals surface area contributed by atoms with Gasteiger partial charge in [-0.3, -0.25) is 0 Å². The van der Waals surface area contributed by atoms with Crippen LogP contribution < -0.4 is 0 Å². The number of benzene rings is 1. The van der Waals surface area contributed by atoms with Gasteiger partial charge >= 0.3 is 6.09 Å². The molecule has 0 aromatic heterocycles.